The molecule has 0 spiro atoms. The van der Waals surface area contributed by atoms with E-state index in [1.807, 2.05) is 6.92 Å². The topological polar surface area (TPSA) is 29.3 Å². The second-order valence-corrected chi connectivity index (χ2v) is 4.09. The molecule has 1 saturated heterocycles. The first-order chi connectivity index (χ1) is 6.38. The van der Waals surface area contributed by atoms with Crippen LogP contribution in [0, 0.1) is 5.92 Å². The van der Waals surface area contributed by atoms with Crippen molar-refractivity contribution in [1.29, 1.82) is 0 Å². The fourth-order valence-electron chi connectivity index (χ4n) is 1.89. The zero-order chi connectivity index (χ0) is 10.8. The molecule has 1 fully saturated rings. The van der Waals surface area contributed by atoms with Gasteiger partial charge in [0.05, 0.1) is 6.54 Å². The lowest BCUT2D eigenvalue weighted by Gasteiger charge is -2.33. The predicted octanol–water partition coefficient (Wildman–Crippen LogP) is 2.45. The van der Waals surface area contributed by atoms with Gasteiger partial charge in [-0.05, 0) is 38.8 Å². The third-order valence-electron chi connectivity index (χ3n) is 2.78. The van der Waals surface area contributed by atoms with Crippen LogP contribution in [-0.2, 0) is 0 Å². The highest BCUT2D eigenvalue weighted by molar-refractivity contribution is 5.85. The van der Waals surface area contributed by atoms with Crippen molar-refractivity contribution in [2.45, 2.75) is 32.0 Å². The minimum Gasteiger partial charge on any atom is -0.328 e. The molecule has 0 saturated carbocycles. The average Bonchev–Trinajstić information content (AvgIpc) is 2.02. The highest BCUT2D eigenvalue weighted by atomic mass is 35.5. The smallest absolute Gasteiger partial charge is 0.328 e. The number of nitrogens with zero attached hydrogens (tertiary/aromatic N) is 1. The van der Waals surface area contributed by atoms with E-state index in [-0.39, 0.29) is 30.9 Å². The third-order valence-corrected chi connectivity index (χ3v) is 2.78. The summed E-state index contributed by atoms with van der Waals surface area (Å²) in [6, 6.07) is 0.100. The number of hydrogen-bond donors (Lipinski definition) is 1. The lowest BCUT2D eigenvalue weighted by atomic mass is 9.91. The molecule has 1 aliphatic heterocycles. The first-order valence-corrected chi connectivity index (χ1v) is 4.93. The molecule has 0 bridgehead atoms. The van der Waals surface area contributed by atoms with Crippen molar-refractivity contribution in [1.82, 2.24) is 4.90 Å². The maximum absolute atomic E-state index is 12.0. The van der Waals surface area contributed by atoms with Crippen molar-refractivity contribution >= 4 is 24.8 Å². The van der Waals surface area contributed by atoms with Crippen LogP contribution in [0.15, 0.2) is 0 Å². The Morgan fingerprint density at radius 2 is 1.69 bits per heavy atom. The van der Waals surface area contributed by atoms with Gasteiger partial charge < -0.3 is 5.73 Å². The van der Waals surface area contributed by atoms with Crippen LogP contribution in [0.3, 0.4) is 0 Å². The van der Waals surface area contributed by atoms with E-state index in [1.165, 1.54) is 4.90 Å². The van der Waals surface area contributed by atoms with Gasteiger partial charge in [-0.2, -0.15) is 13.2 Å². The van der Waals surface area contributed by atoms with Gasteiger partial charge in [0.15, 0.2) is 0 Å². The maximum Gasteiger partial charge on any atom is 0.401 e. The van der Waals surface area contributed by atoms with Crippen LogP contribution in [0.5, 0.6) is 0 Å². The van der Waals surface area contributed by atoms with Crippen molar-refractivity contribution in [3.8, 4) is 0 Å². The second-order valence-electron chi connectivity index (χ2n) is 4.09. The van der Waals surface area contributed by atoms with Crippen LogP contribution in [0.2, 0.25) is 0 Å². The molecule has 16 heavy (non-hydrogen) atoms. The number of nitrogens with two attached hydrogens (primary N) is 1. The molecule has 0 amide bonds. The van der Waals surface area contributed by atoms with Gasteiger partial charge >= 0.3 is 6.18 Å². The highest BCUT2D eigenvalue weighted by Gasteiger charge is 2.32. The summed E-state index contributed by atoms with van der Waals surface area (Å²) in [6.07, 6.45) is -2.50. The van der Waals surface area contributed by atoms with Crippen molar-refractivity contribution in [2.24, 2.45) is 11.7 Å². The summed E-state index contributed by atoms with van der Waals surface area (Å²) < 4.78 is 36.1. The van der Waals surface area contributed by atoms with Crippen LogP contribution >= 0.6 is 24.8 Å². The summed E-state index contributed by atoms with van der Waals surface area (Å²) in [5.41, 5.74) is 5.70. The molecule has 100 valence electrons. The molecule has 0 radical (unpaired) electrons. The Balaban J connectivity index is 0. The van der Waals surface area contributed by atoms with E-state index in [0.29, 0.717) is 19.0 Å². The second kappa shape index (κ2) is 7.58. The Bertz CT molecular complexity index is 180. The monoisotopic (exact) mass is 282 g/mol. The van der Waals surface area contributed by atoms with Crippen molar-refractivity contribution in [3.05, 3.63) is 0 Å². The summed E-state index contributed by atoms with van der Waals surface area (Å²) in [4.78, 5) is 1.46. The van der Waals surface area contributed by atoms with Gasteiger partial charge in [0.1, 0.15) is 0 Å². The molecule has 1 aliphatic rings. The molecule has 2 N–H and O–H groups in total. The molecule has 0 aromatic carbocycles. The SMILES string of the molecule is CC(N)C1CCN(CC(F)(F)F)CC1.Cl.Cl. The van der Waals surface area contributed by atoms with Crippen LogP contribution in [-0.4, -0.2) is 36.8 Å². The number of piperidine rings is 1. The van der Waals surface area contributed by atoms with Gasteiger partial charge in [-0.3, -0.25) is 4.90 Å². The van der Waals surface area contributed by atoms with Crippen LogP contribution in [0.1, 0.15) is 19.8 Å². The van der Waals surface area contributed by atoms with Gasteiger partial charge in [-0.1, -0.05) is 0 Å². The number of halogens is 5. The number of alkyl halides is 3. The largest absolute Gasteiger partial charge is 0.401 e. The Labute approximate surface area is 107 Å². The van der Waals surface area contributed by atoms with E-state index in [9.17, 15) is 13.2 Å². The van der Waals surface area contributed by atoms with Gasteiger partial charge in [-0.15, -0.1) is 24.8 Å². The van der Waals surface area contributed by atoms with Crippen LogP contribution < -0.4 is 5.73 Å². The fourth-order valence-corrected chi connectivity index (χ4v) is 1.89. The van der Waals surface area contributed by atoms with E-state index in [0.717, 1.165) is 12.8 Å². The summed E-state index contributed by atoms with van der Waals surface area (Å²) >= 11 is 0. The standard InChI is InChI=1S/C9H17F3N2.2ClH/c1-7(13)8-2-4-14(5-3-8)6-9(10,11)12;;/h7-8H,2-6,13H2,1H3;2*1H. The zero-order valence-electron chi connectivity index (χ0n) is 9.17. The lowest BCUT2D eigenvalue weighted by Crippen LogP contribution is -2.43. The first kappa shape index (κ1) is 18.6. The van der Waals surface area contributed by atoms with E-state index in [4.69, 9.17) is 5.73 Å². The van der Waals surface area contributed by atoms with Gasteiger partial charge in [0, 0.05) is 6.04 Å². The molecule has 0 aromatic heterocycles. The molecule has 1 atom stereocenters. The van der Waals surface area contributed by atoms with E-state index < -0.39 is 12.7 Å². The Morgan fingerprint density at radius 1 is 1.25 bits per heavy atom. The van der Waals surface area contributed by atoms with Gasteiger partial charge in [-0.25, -0.2) is 0 Å². The Hall–Kier alpha value is 0.290. The van der Waals surface area contributed by atoms with Crippen molar-refractivity contribution in [3.63, 3.8) is 0 Å². The zero-order valence-corrected chi connectivity index (χ0v) is 10.8. The Morgan fingerprint density at radius 3 is 2.00 bits per heavy atom. The lowest BCUT2D eigenvalue weighted by molar-refractivity contribution is -0.148. The molecule has 2 nitrogen and oxygen atoms in total. The highest BCUT2D eigenvalue weighted by Crippen LogP contribution is 2.23. The van der Waals surface area contributed by atoms with E-state index >= 15 is 0 Å². The number of hydrogen-bond acceptors (Lipinski definition) is 2. The minimum atomic E-state index is -4.07. The summed E-state index contributed by atoms with van der Waals surface area (Å²) in [5.74, 6) is 0.388. The summed E-state index contributed by atoms with van der Waals surface area (Å²) in [5, 5.41) is 0. The fraction of sp³-hybridized carbons (Fsp3) is 1.00. The minimum absolute atomic E-state index is 0. The average molecular weight is 283 g/mol. The van der Waals surface area contributed by atoms with Crippen LogP contribution in [0.4, 0.5) is 13.2 Å². The molecular formula is C9H19Cl2F3N2. The molecular weight excluding hydrogens is 264 g/mol. The quantitative estimate of drug-likeness (QED) is 0.843. The normalized spacial score (nSPS) is 20.8. The molecule has 0 aromatic rings. The number of likely N-dealkylation sites (tertiary alicyclic amines) is 1. The first-order valence-electron chi connectivity index (χ1n) is 4.93. The molecule has 1 heterocycles. The van der Waals surface area contributed by atoms with Crippen molar-refractivity contribution in [2.75, 3.05) is 19.6 Å². The molecule has 1 rings (SSSR count). The third kappa shape index (κ3) is 6.78. The van der Waals surface area contributed by atoms with Gasteiger partial charge in [0.25, 0.3) is 0 Å². The molecule has 0 aliphatic carbocycles. The number of rotatable bonds is 2. The molecule has 7 heteroatoms. The van der Waals surface area contributed by atoms with E-state index in [2.05, 4.69) is 0 Å². The predicted molar refractivity (Wildman–Crippen MR) is 63.4 cm³/mol. The van der Waals surface area contributed by atoms with Gasteiger partial charge in [0.2, 0.25) is 0 Å². The van der Waals surface area contributed by atoms with Crippen molar-refractivity contribution < 1.29 is 13.2 Å². The summed E-state index contributed by atoms with van der Waals surface area (Å²) in [7, 11) is 0. The molecule has 1 unspecified atom stereocenters. The summed E-state index contributed by atoms with van der Waals surface area (Å²) in [6.45, 7) is 2.18. The van der Waals surface area contributed by atoms with E-state index in [1.54, 1.807) is 0 Å². The van der Waals surface area contributed by atoms with Crippen LogP contribution in [0.25, 0.3) is 0 Å². The maximum atomic E-state index is 12.0. The Kier molecular flexibility index (Phi) is 8.84.